The molecule has 26 heavy (non-hydrogen) atoms. The van der Waals surface area contributed by atoms with E-state index < -0.39 is 27.0 Å². The molecule has 2 aliphatic heterocycles. The van der Waals surface area contributed by atoms with Gasteiger partial charge in [0.25, 0.3) is 0 Å². The van der Waals surface area contributed by atoms with Crippen molar-refractivity contribution in [2.24, 2.45) is 5.92 Å². The van der Waals surface area contributed by atoms with Crippen molar-refractivity contribution >= 4 is 27.4 Å². The number of sulfone groups is 1. The Morgan fingerprint density at radius 1 is 1.23 bits per heavy atom. The number of aromatic amines is 1. The van der Waals surface area contributed by atoms with Crippen LogP contribution < -0.4 is 5.32 Å². The number of nitrogens with one attached hydrogen (secondary N) is 2. The van der Waals surface area contributed by atoms with Gasteiger partial charge in [0.05, 0.1) is 22.3 Å². The van der Waals surface area contributed by atoms with Gasteiger partial charge in [0.2, 0.25) is 0 Å². The fourth-order valence-electron chi connectivity index (χ4n) is 4.06. The first kappa shape index (κ1) is 17.5. The van der Waals surface area contributed by atoms with Gasteiger partial charge in [-0.15, -0.1) is 0 Å². The molecule has 0 spiro atoms. The predicted octanol–water partition coefficient (Wildman–Crippen LogP) is 1.96. The van der Waals surface area contributed by atoms with E-state index in [9.17, 15) is 18.3 Å². The zero-order valence-electron chi connectivity index (χ0n) is 13.7. The number of hydrogen-bond acceptors (Lipinski definition) is 5. The normalized spacial score (nSPS) is 28.2. The molecule has 1 saturated heterocycles. The summed E-state index contributed by atoms with van der Waals surface area (Å²) in [6.45, 7) is 0. The monoisotopic (exact) mass is 395 g/mol. The van der Waals surface area contributed by atoms with Gasteiger partial charge in [-0.3, -0.25) is 9.89 Å². The molecule has 0 aliphatic carbocycles. The number of carboxylic acids is 1. The second-order valence-corrected chi connectivity index (χ2v) is 9.48. The number of halogens is 1. The molecule has 138 valence electrons. The van der Waals surface area contributed by atoms with Crippen LogP contribution >= 0.6 is 11.6 Å². The van der Waals surface area contributed by atoms with E-state index in [1.807, 2.05) is 0 Å². The first-order valence-electron chi connectivity index (χ1n) is 8.36. The first-order valence-corrected chi connectivity index (χ1v) is 10.3. The van der Waals surface area contributed by atoms with Crippen molar-refractivity contribution in [1.29, 1.82) is 0 Å². The van der Waals surface area contributed by atoms with E-state index in [1.165, 1.54) is 24.3 Å². The van der Waals surface area contributed by atoms with Crippen LogP contribution in [-0.2, 0) is 21.1 Å². The Morgan fingerprint density at radius 3 is 2.65 bits per heavy atom. The molecule has 2 aromatic rings. The largest absolute Gasteiger partial charge is 0.481 e. The second kappa shape index (κ2) is 6.37. The number of rotatable bonds is 3. The fraction of sp³-hybridized carbons (Fsp3) is 0.412. The summed E-state index contributed by atoms with van der Waals surface area (Å²) >= 11 is 5.86. The van der Waals surface area contributed by atoms with Gasteiger partial charge >= 0.3 is 5.97 Å². The quantitative estimate of drug-likeness (QED) is 0.732. The predicted molar refractivity (Wildman–Crippen MR) is 94.7 cm³/mol. The minimum Gasteiger partial charge on any atom is -0.481 e. The van der Waals surface area contributed by atoms with Crippen molar-refractivity contribution in [3.05, 3.63) is 46.7 Å². The van der Waals surface area contributed by atoms with Crippen LogP contribution in [0.1, 0.15) is 30.1 Å². The molecule has 4 unspecified atom stereocenters. The third-order valence-electron chi connectivity index (χ3n) is 5.33. The van der Waals surface area contributed by atoms with Gasteiger partial charge in [0.15, 0.2) is 9.84 Å². The van der Waals surface area contributed by atoms with Crippen LogP contribution in [0.4, 0.5) is 0 Å². The third kappa shape index (κ3) is 2.91. The Labute approximate surface area is 155 Å². The van der Waals surface area contributed by atoms with E-state index in [0.717, 1.165) is 11.3 Å². The number of carboxylic acid groups (broad SMARTS) is 1. The SMILES string of the molecule is O=C(O)C1CC2NC(Cc3[nH]ncc32)CC1S(=O)(=O)c1ccc(Cl)cc1. The Morgan fingerprint density at radius 2 is 1.96 bits per heavy atom. The zero-order valence-corrected chi connectivity index (χ0v) is 15.3. The highest BCUT2D eigenvalue weighted by Crippen LogP contribution is 2.39. The molecular formula is C17H18ClN3O4S. The maximum absolute atomic E-state index is 13.2. The van der Waals surface area contributed by atoms with Crippen molar-refractivity contribution in [2.75, 3.05) is 0 Å². The average molecular weight is 396 g/mol. The Balaban J connectivity index is 1.74. The lowest BCUT2D eigenvalue weighted by atomic mass is 9.93. The van der Waals surface area contributed by atoms with Crippen LogP contribution in [0.5, 0.6) is 0 Å². The van der Waals surface area contributed by atoms with Crippen molar-refractivity contribution in [3.8, 4) is 0 Å². The number of nitrogens with zero attached hydrogens (tertiary/aromatic N) is 1. The van der Waals surface area contributed by atoms with Crippen LogP contribution in [-0.4, -0.2) is 41.0 Å². The molecule has 9 heteroatoms. The van der Waals surface area contributed by atoms with Crippen LogP contribution in [0.25, 0.3) is 0 Å². The summed E-state index contributed by atoms with van der Waals surface area (Å²) in [4.78, 5) is 12.1. The topological polar surface area (TPSA) is 112 Å². The molecule has 3 N–H and O–H groups in total. The lowest BCUT2D eigenvalue weighted by molar-refractivity contribution is -0.142. The molecule has 1 aromatic carbocycles. The van der Waals surface area contributed by atoms with E-state index in [2.05, 4.69) is 15.5 Å². The molecule has 1 aromatic heterocycles. The van der Waals surface area contributed by atoms with Crippen LogP contribution in [0.15, 0.2) is 35.4 Å². The van der Waals surface area contributed by atoms with Gasteiger partial charge in [-0.2, -0.15) is 5.10 Å². The molecule has 0 amide bonds. The number of carbonyl (C=O) groups is 1. The maximum atomic E-state index is 13.2. The number of hydrogen-bond donors (Lipinski definition) is 3. The highest BCUT2D eigenvalue weighted by Gasteiger charge is 2.46. The van der Waals surface area contributed by atoms with E-state index in [0.29, 0.717) is 11.4 Å². The van der Waals surface area contributed by atoms with Gasteiger partial charge < -0.3 is 10.4 Å². The molecule has 1 fully saturated rings. The molecule has 2 aliphatic rings. The van der Waals surface area contributed by atoms with E-state index in [-0.39, 0.29) is 29.8 Å². The third-order valence-corrected chi connectivity index (χ3v) is 7.83. The molecule has 4 atom stereocenters. The highest BCUT2D eigenvalue weighted by molar-refractivity contribution is 7.92. The lowest BCUT2D eigenvalue weighted by Crippen LogP contribution is -2.40. The molecule has 0 radical (unpaired) electrons. The van der Waals surface area contributed by atoms with Crippen molar-refractivity contribution in [3.63, 3.8) is 0 Å². The summed E-state index contributed by atoms with van der Waals surface area (Å²) in [7, 11) is -3.81. The molecule has 3 heterocycles. The van der Waals surface area contributed by atoms with Crippen molar-refractivity contribution in [2.45, 2.75) is 41.5 Å². The molecule has 7 nitrogen and oxygen atoms in total. The number of aliphatic carboxylic acids is 1. The smallest absolute Gasteiger partial charge is 0.307 e. The molecule has 0 saturated carbocycles. The number of benzene rings is 1. The van der Waals surface area contributed by atoms with Crippen LogP contribution in [0.3, 0.4) is 0 Å². The molecular weight excluding hydrogens is 378 g/mol. The Kier molecular flexibility index (Phi) is 4.29. The Bertz CT molecular complexity index is 941. The summed E-state index contributed by atoms with van der Waals surface area (Å²) in [6.07, 6.45) is 2.73. The summed E-state index contributed by atoms with van der Waals surface area (Å²) in [5.74, 6) is -2.09. The van der Waals surface area contributed by atoms with E-state index in [4.69, 9.17) is 11.6 Å². The van der Waals surface area contributed by atoms with Gasteiger partial charge in [-0.1, -0.05) is 11.6 Å². The summed E-state index contributed by atoms with van der Waals surface area (Å²) in [5, 5.41) is 19.6. The van der Waals surface area contributed by atoms with Crippen LogP contribution in [0, 0.1) is 5.92 Å². The number of H-pyrrole nitrogens is 1. The minimum atomic E-state index is -3.81. The standard InChI is InChI=1S/C17H18ClN3O4S/c18-9-1-3-11(4-2-9)26(24,25)16-6-10-5-15-13(8-19-21-15)14(20-10)7-12(16)17(22)23/h1-4,8,10,12,14,16,20H,5-7H2,(H,19,21)(H,22,23). The van der Waals surface area contributed by atoms with Gasteiger partial charge in [0, 0.05) is 34.8 Å². The maximum Gasteiger partial charge on any atom is 0.307 e. The van der Waals surface area contributed by atoms with Crippen molar-refractivity contribution in [1.82, 2.24) is 15.5 Å². The number of aromatic nitrogens is 2. The zero-order chi connectivity index (χ0) is 18.5. The summed E-state index contributed by atoms with van der Waals surface area (Å²) < 4.78 is 26.4. The van der Waals surface area contributed by atoms with E-state index >= 15 is 0 Å². The fourth-order valence-corrected chi connectivity index (χ4v) is 6.20. The van der Waals surface area contributed by atoms with E-state index in [1.54, 1.807) is 6.20 Å². The van der Waals surface area contributed by atoms with Gasteiger partial charge in [0.1, 0.15) is 0 Å². The summed E-state index contributed by atoms with van der Waals surface area (Å²) in [5.41, 5.74) is 1.88. The van der Waals surface area contributed by atoms with Gasteiger partial charge in [-0.25, -0.2) is 8.42 Å². The highest BCUT2D eigenvalue weighted by atomic mass is 35.5. The Hall–Kier alpha value is -1.90. The lowest BCUT2D eigenvalue weighted by Gasteiger charge is -2.28. The van der Waals surface area contributed by atoms with Crippen molar-refractivity contribution < 1.29 is 18.3 Å². The minimum absolute atomic E-state index is 0.106. The first-order chi connectivity index (χ1) is 12.4. The van der Waals surface area contributed by atoms with Gasteiger partial charge in [-0.05, 0) is 37.1 Å². The molecule has 4 rings (SSSR count). The summed E-state index contributed by atoms with van der Waals surface area (Å²) in [6, 6.07) is 5.56. The average Bonchev–Trinajstić information content (AvgIpc) is 2.99. The molecule has 2 bridgehead atoms. The second-order valence-electron chi connectivity index (χ2n) is 6.88. The van der Waals surface area contributed by atoms with Crippen LogP contribution in [0.2, 0.25) is 5.02 Å². The number of fused-ring (bicyclic) bond motifs is 4.